The minimum atomic E-state index is -0.656. The highest BCUT2D eigenvalue weighted by molar-refractivity contribution is 5.58. The Morgan fingerprint density at radius 3 is 2.62 bits per heavy atom. The quantitative estimate of drug-likeness (QED) is 0.732. The van der Waals surface area contributed by atoms with Gasteiger partial charge in [0.25, 0.3) is 0 Å². The molecular weight excluding hydrogens is 376 g/mol. The molecule has 1 N–H and O–H groups in total. The van der Waals surface area contributed by atoms with Crippen molar-refractivity contribution in [1.82, 2.24) is 19.7 Å². The number of aromatic nitrogens is 3. The van der Waals surface area contributed by atoms with Crippen LogP contribution in [0.3, 0.4) is 0 Å². The maximum Gasteiger partial charge on any atom is 0.246 e. The first kappa shape index (κ1) is 18.2. The summed E-state index contributed by atoms with van der Waals surface area (Å²) in [5.74, 6) is -0.942. The second kappa shape index (κ2) is 7.20. The van der Waals surface area contributed by atoms with Crippen molar-refractivity contribution in [3.05, 3.63) is 65.0 Å². The fourth-order valence-electron chi connectivity index (χ4n) is 4.01. The van der Waals surface area contributed by atoms with Crippen LogP contribution in [0.15, 0.2) is 36.7 Å². The van der Waals surface area contributed by atoms with E-state index in [-0.39, 0.29) is 5.69 Å². The fraction of sp³-hybridized carbons (Fsp3) is 0.333. The summed E-state index contributed by atoms with van der Waals surface area (Å²) in [4.78, 5) is 6.70. The van der Waals surface area contributed by atoms with Gasteiger partial charge < -0.3 is 10.1 Å². The van der Waals surface area contributed by atoms with E-state index in [1.807, 2.05) is 0 Å². The van der Waals surface area contributed by atoms with Gasteiger partial charge in [-0.3, -0.25) is 4.90 Å². The van der Waals surface area contributed by atoms with Crippen molar-refractivity contribution in [2.24, 2.45) is 0 Å². The van der Waals surface area contributed by atoms with E-state index in [1.54, 1.807) is 0 Å². The van der Waals surface area contributed by atoms with Crippen LogP contribution >= 0.6 is 0 Å². The second-order valence-corrected chi connectivity index (χ2v) is 7.61. The fourth-order valence-corrected chi connectivity index (χ4v) is 4.01. The van der Waals surface area contributed by atoms with Crippen molar-refractivity contribution in [2.45, 2.75) is 25.9 Å². The number of benzene rings is 2. The lowest BCUT2D eigenvalue weighted by atomic mass is 9.93. The van der Waals surface area contributed by atoms with E-state index in [9.17, 15) is 8.78 Å². The Morgan fingerprint density at radius 1 is 1.10 bits per heavy atom. The Morgan fingerprint density at radius 2 is 1.90 bits per heavy atom. The van der Waals surface area contributed by atoms with Crippen molar-refractivity contribution in [2.75, 3.05) is 25.1 Å². The number of ether oxygens (including phenoxy) is 1. The van der Waals surface area contributed by atoms with Crippen molar-refractivity contribution < 1.29 is 13.5 Å². The summed E-state index contributed by atoms with van der Waals surface area (Å²) in [5.41, 5.74) is 5.12. The van der Waals surface area contributed by atoms with E-state index in [0.29, 0.717) is 12.0 Å². The summed E-state index contributed by atoms with van der Waals surface area (Å²) in [5, 5.41) is 7.51. The van der Waals surface area contributed by atoms with Crippen molar-refractivity contribution in [1.29, 1.82) is 0 Å². The van der Waals surface area contributed by atoms with Gasteiger partial charge in [-0.05, 0) is 54.3 Å². The molecule has 150 valence electrons. The molecule has 0 aliphatic carbocycles. The van der Waals surface area contributed by atoms with Crippen molar-refractivity contribution in [3.63, 3.8) is 0 Å². The normalized spacial score (nSPS) is 17.1. The molecule has 8 heteroatoms. The van der Waals surface area contributed by atoms with E-state index in [2.05, 4.69) is 39.4 Å². The SMILES string of the molecule is Cc1cc(Nc2ncn(-c3cc(F)cc(F)c3)n2)cc2c1CCN(C1COC1)C2. The standard InChI is InChI=1S/C21H21F2N5O/c1-13-4-17(5-14-9-27(3-2-20(13)14)19-10-29-11-19)25-21-24-12-28(26-21)18-7-15(22)6-16(23)8-18/h4-8,12,19H,2-3,9-11H2,1H3,(H,25,26). The zero-order valence-corrected chi connectivity index (χ0v) is 16.0. The molecule has 3 heterocycles. The predicted octanol–water partition coefficient (Wildman–Crippen LogP) is 3.35. The Labute approximate surface area is 167 Å². The van der Waals surface area contributed by atoms with E-state index in [1.165, 1.54) is 39.8 Å². The average Bonchev–Trinajstić information content (AvgIpc) is 3.08. The molecule has 0 atom stereocenters. The summed E-state index contributed by atoms with van der Waals surface area (Å²) in [6.07, 6.45) is 2.47. The van der Waals surface area contributed by atoms with Crippen LogP contribution in [0.1, 0.15) is 16.7 Å². The molecule has 0 radical (unpaired) electrons. The highest BCUT2D eigenvalue weighted by Crippen LogP contribution is 2.29. The maximum atomic E-state index is 13.5. The molecule has 2 aliphatic heterocycles. The largest absolute Gasteiger partial charge is 0.378 e. The van der Waals surface area contributed by atoms with E-state index >= 15 is 0 Å². The molecule has 1 fully saturated rings. The van der Waals surface area contributed by atoms with Crippen LogP contribution in [-0.2, 0) is 17.7 Å². The van der Waals surface area contributed by atoms with Crippen LogP contribution in [0, 0.1) is 18.6 Å². The molecule has 0 unspecified atom stereocenters. The molecule has 3 aromatic rings. The molecule has 5 rings (SSSR count). The molecule has 0 bridgehead atoms. The topological polar surface area (TPSA) is 55.2 Å². The highest BCUT2D eigenvalue weighted by Gasteiger charge is 2.29. The Bertz CT molecular complexity index is 1040. The van der Waals surface area contributed by atoms with Gasteiger partial charge >= 0.3 is 0 Å². The van der Waals surface area contributed by atoms with Crippen LogP contribution < -0.4 is 5.32 Å². The first-order chi connectivity index (χ1) is 14.0. The first-order valence-corrected chi connectivity index (χ1v) is 9.64. The third kappa shape index (κ3) is 3.61. The Balaban J connectivity index is 1.37. The number of hydrogen-bond acceptors (Lipinski definition) is 5. The minimum Gasteiger partial charge on any atom is -0.378 e. The highest BCUT2D eigenvalue weighted by atomic mass is 19.1. The van der Waals surface area contributed by atoms with Gasteiger partial charge in [0, 0.05) is 24.8 Å². The van der Waals surface area contributed by atoms with Crippen LogP contribution in [-0.4, -0.2) is 45.5 Å². The zero-order valence-electron chi connectivity index (χ0n) is 16.0. The van der Waals surface area contributed by atoms with Gasteiger partial charge in [-0.2, -0.15) is 4.98 Å². The van der Waals surface area contributed by atoms with E-state index < -0.39 is 11.6 Å². The lowest BCUT2D eigenvalue weighted by Gasteiger charge is -2.40. The smallest absolute Gasteiger partial charge is 0.246 e. The summed E-state index contributed by atoms with van der Waals surface area (Å²) in [6, 6.07) is 7.99. The molecule has 1 saturated heterocycles. The number of anilines is 2. The number of nitrogens with zero attached hydrogens (tertiary/aromatic N) is 4. The third-order valence-corrected chi connectivity index (χ3v) is 5.58. The molecular formula is C21H21F2N5O. The first-order valence-electron chi connectivity index (χ1n) is 9.64. The van der Waals surface area contributed by atoms with Crippen LogP contribution in [0.5, 0.6) is 0 Å². The number of nitrogens with one attached hydrogen (secondary N) is 1. The molecule has 0 amide bonds. The molecule has 2 aromatic carbocycles. The van der Waals surface area contributed by atoms with Gasteiger partial charge in [0.15, 0.2) is 0 Å². The molecule has 0 saturated carbocycles. The molecule has 1 aromatic heterocycles. The molecule has 6 nitrogen and oxygen atoms in total. The monoisotopic (exact) mass is 397 g/mol. The molecule has 2 aliphatic rings. The number of rotatable bonds is 4. The van der Waals surface area contributed by atoms with Gasteiger partial charge in [0.05, 0.1) is 24.9 Å². The van der Waals surface area contributed by atoms with E-state index in [0.717, 1.165) is 44.5 Å². The lowest BCUT2D eigenvalue weighted by molar-refractivity contribution is -0.0695. The van der Waals surface area contributed by atoms with Crippen LogP contribution in [0.25, 0.3) is 5.69 Å². The molecule has 29 heavy (non-hydrogen) atoms. The van der Waals surface area contributed by atoms with Gasteiger partial charge in [-0.25, -0.2) is 13.5 Å². The molecule has 0 spiro atoms. The van der Waals surface area contributed by atoms with Gasteiger partial charge in [0.2, 0.25) is 5.95 Å². The minimum absolute atomic E-state index is 0.281. The third-order valence-electron chi connectivity index (χ3n) is 5.58. The van der Waals surface area contributed by atoms with E-state index in [4.69, 9.17) is 4.74 Å². The Kier molecular flexibility index (Phi) is 4.52. The number of hydrogen-bond donors (Lipinski definition) is 1. The van der Waals surface area contributed by atoms with Gasteiger partial charge in [-0.1, -0.05) is 0 Å². The summed E-state index contributed by atoms with van der Waals surface area (Å²) >= 11 is 0. The summed E-state index contributed by atoms with van der Waals surface area (Å²) in [7, 11) is 0. The van der Waals surface area contributed by atoms with Gasteiger partial charge in [-0.15, -0.1) is 5.10 Å². The second-order valence-electron chi connectivity index (χ2n) is 7.61. The predicted molar refractivity (Wildman–Crippen MR) is 104 cm³/mol. The summed E-state index contributed by atoms with van der Waals surface area (Å²) in [6.45, 7) is 5.71. The lowest BCUT2D eigenvalue weighted by Crippen LogP contribution is -2.50. The van der Waals surface area contributed by atoms with Crippen LogP contribution in [0.2, 0.25) is 0 Å². The maximum absolute atomic E-state index is 13.5. The number of fused-ring (bicyclic) bond motifs is 1. The van der Waals surface area contributed by atoms with Crippen LogP contribution in [0.4, 0.5) is 20.4 Å². The Hall–Kier alpha value is -2.84. The summed E-state index contributed by atoms with van der Waals surface area (Å²) < 4.78 is 33.6. The zero-order chi connectivity index (χ0) is 20.0. The van der Waals surface area contributed by atoms with Gasteiger partial charge in [0.1, 0.15) is 18.0 Å². The average molecular weight is 397 g/mol. The van der Waals surface area contributed by atoms with Crippen molar-refractivity contribution >= 4 is 11.6 Å². The number of halogens is 2. The number of aryl methyl sites for hydroxylation is 1. The van der Waals surface area contributed by atoms with Crippen molar-refractivity contribution in [3.8, 4) is 5.69 Å².